The minimum atomic E-state index is 0.937. The molecule has 2 N–H and O–H groups in total. The summed E-state index contributed by atoms with van der Waals surface area (Å²) in [4.78, 5) is 11.1. The highest BCUT2D eigenvalue weighted by Gasteiger charge is 2.15. The summed E-state index contributed by atoms with van der Waals surface area (Å²) in [6.07, 6.45) is 7.31. The molecule has 3 heterocycles. The van der Waals surface area contributed by atoms with Crippen molar-refractivity contribution in [1.29, 1.82) is 0 Å². The first-order valence-electron chi connectivity index (χ1n) is 18.3. The topological polar surface area (TPSA) is 49.8 Å². The molecule has 5 heteroatoms. The molecule has 9 rings (SSSR count). The van der Waals surface area contributed by atoms with E-state index in [2.05, 4.69) is 166 Å². The van der Waals surface area contributed by atoms with Crippen LogP contribution in [-0.4, -0.2) is 9.97 Å². The lowest BCUT2D eigenvalue weighted by atomic mass is 9.98. The van der Waals surface area contributed by atoms with E-state index in [4.69, 9.17) is 0 Å². The molecule has 0 fully saturated rings. The fourth-order valence-electron chi connectivity index (χ4n) is 6.87. The zero-order valence-electron chi connectivity index (χ0n) is 29.9. The quantitative estimate of drug-likeness (QED) is 0.147. The normalized spacial score (nSPS) is 10.9. The number of nitrogens with one attached hydrogen (secondary N) is 2. The van der Waals surface area contributed by atoms with Crippen molar-refractivity contribution in [3.05, 3.63) is 207 Å². The van der Waals surface area contributed by atoms with Crippen LogP contribution in [-0.2, 0) is 0 Å². The molecule has 0 amide bonds. The van der Waals surface area contributed by atoms with E-state index in [9.17, 15) is 0 Å². The molecule has 6 aromatic carbocycles. The smallest absolute Gasteiger partial charge is 0.0570 e. The predicted octanol–water partition coefficient (Wildman–Crippen LogP) is 14.0. The van der Waals surface area contributed by atoms with E-state index < -0.39 is 0 Å². The zero-order chi connectivity index (χ0) is 36.8. The van der Waals surface area contributed by atoms with Crippen LogP contribution >= 0.6 is 11.3 Å². The molecule has 55 heavy (non-hydrogen) atoms. The van der Waals surface area contributed by atoms with E-state index >= 15 is 0 Å². The van der Waals surface area contributed by atoms with E-state index in [0.29, 0.717) is 0 Å². The first kappa shape index (κ1) is 33.7. The van der Waals surface area contributed by atoms with Crippen LogP contribution in [0.4, 0.5) is 22.7 Å². The Morgan fingerprint density at radius 1 is 0.327 bits per heavy atom. The third-order valence-electron chi connectivity index (χ3n) is 9.71. The molecule has 0 aliphatic carbocycles. The Morgan fingerprint density at radius 2 is 0.691 bits per heavy atom. The standard InChI is InChI=1S/C50H36N4S/c1-3-9-35(10-4-1)37-15-19-39(20-16-37)41-23-25-45(47(31-41)53-43-13-7-29-51-33-43)49-27-28-50(55-49)46-26-24-42(32-48(46)54-44-14-8-30-52-34-44)40-21-17-38(18-22-40)36-11-5-2-6-12-36/h1-34,53-54H. The van der Waals surface area contributed by atoms with E-state index in [1.807, 2.05) is 48.8 Å². The average molecular weight is 725 g/mol. The van der Waals surface area contributed by atoms with Crippen LogP contribution in [0.15, 0.2) is 207 Å². The van der Waals surface area contributed by atoms with Crippen molar-refractivity contribution in [1.82, 2.24) is 9.97 Å². The summed E-state index contributed by atoms with van der Waals surface area (Å²) in [6, 6.07) is 64.4. The van der Waals surface area contributed by atoms with E-state index in [-0.39, 0.29) is 0 Å². The second-order valence-corrected chi connectivity index (χ2v) is 14.4. The van der Waals surface area contributed by atoms with Gasteiger partial charge < -0.3 is 10.6 Å². The molecule has 0 spiro atoms. The Balaban J connectivity index is 1.06. The van der Waals surface area contributed by atoms with Gasteiger partial charge in [0, 0.05) is 44.6 Å². The zero-order valence-corrected chi connectivity index (χ0v) is 30.7. The highest BCUT2D eigenvalue weighted by molar-refractivity contribution is 7.19. The Hall–Kier alpha value is -7.08. The highest BCUT2D eigenvalue weighted by atomic mass is 32.1. The second kappa shape index (κ2) is 15.5. The van der Waals surface area contributed by atoms with Crippen LogP contribution in [0.1, 0.15) is 0 Å². The number of aromatic nitrogens is 2. The van der Waals surface area contributed by atoms with Crippen LogP contribution in [0.25, 0.3) is 65.4 Å². The average Bonchev–Trinajstić information content (AvgIpc) is 3.75. The summed E-state index contributed by atoms with van der Waals surface area (Å²) in [6.45, 7) is 0. The van der Waals surface area contributed by atoms with Crippen LogP contribution < -0.4 is 10.6 Å². The number of pyridine rings is 2. The molecule has 0 radical (unpaired) electrons. The molecule has 0 bridgehead atoms. The monoisotopic (exact) mass is 724 g/mol. The summed E-state index contributed by atoms with van der Waals surface area (Å²) in [5.74, 6) is 0. The lowest BCUT2D eigenvalue weighted by Gasteiger charge is -2.15. The summed E-state index contributed by atoms with van der Waals surface area (Å²) in [7, 11) is 0. The van der Waals surface area contributed by atoms with E-state index in [1.54, 1.807) is 23.7 Å². The van der Waals surface area contributed by atoms with Gasteiger partial charge in [0.15, 0.2) is 0 Å². The number of rotatable bonds is 10. The maximum atomic E-state index is 4.37. The van der Waals surface area contributed by atoms with Crippen LogP contribution in [0, 0.1) is 0 Å². The van der Waals surface area contributed by atoms with Gasteiger partial charge >= 0.3 is 0 Å². The Morgan fingerprint density at radius 3 is 1.07 bits per heavy atom. The van der Waals surface area contributed by atoms with Crippen LogP contribution in [0.3, 0.4) is 0 Å². The van der Waals surface area contributed by atoms with Gasteiger partial charge in [-0.2, -0.15) is 0 Å². The molecular weight excluding hydrogens is 689 g/mol. The predicted molar refractivity (Wildman–Crippen MR) is 232 cm³/mol. The first-order chi connectivity index (χ1) is 27.2. The fourth-order valence-corrected chi connectivity index (χ4v) is 7.95. The van der Waals surface area contributed by atoms with Gasteiger partial charge in [0.1, 0.15) is 0 Å². The molecule has 0 aliphatic heterocycles. The lowest BCUT2D eigenvalue weighted by molar-refractivity contribution is 1.32. The summed E-state index contributed by atoms with van der Waals surface area (Å²) in [5, 5.41) is 7.35. The number of nitrogens with zero attached hydrogens (tertiary/aromatic N) is 2. The van der Waals surface area contributed by atoms with Crippen molar-refractivity contribution < 1.29 is 0 Å². The van der Waals surface area contributed by atoms with Crippen molar-refractivity contribution in [3.63, 3.8) is 0 Å². The van der Waals surface area contributed by atoms with Gasteiger partial charge in [-0.1, -0.05) is 133 Å². The SMILES string of the molecule is c1ccc(-c2ccc(-c3ccc(-c4ccc(-c5ccc(-c6ccc(-c7ccccc7)cc6)cc5Nc5cccnc5)s4)c(Nc4cccnc4)c3)cc2)cc1. The van der Waals surface area contributed by atoms with Crippen molar-refractivity contribution in [2.24, 2.45) is 0 Å². The molecule has 4 nitrogen and oxygen atoms in total. The first-order valence-corrected chi connectivity index (χ1v) is 19.1. The van der Waals surface area contributed by atoms with Crippen molar-refractivity contribution in [3.8, 4) is 65.4 Å². The largest absolute Gasteiger partial charge is 0.354 e. The summed E-state index contributed by atoms with van der Waals surface area (Å²) in [5.41, 5.74) is 15.6. The van der Waals surface area contributed by atoms with E-state index in [0.717, 1.165) is 56.1 Å². The van der Waals surface area contributed by atoms with Crippen LogP contribution in [0.2, 0.25) is 0 Å². The van der Waals surface area contributed by atoms with Crippen molar-refractivity contribution in [2.45, 2.75) is 0 Å². The van der Waals surface area contributed by atoms with E-state index in [1.165, 1.54) is 32.0 Å². The minimum absolute atomic E-state index is 0.937. The lowest BCUT2D eigenvalue weighted by Crippen LogP contribution is -1.94. The van der Waals surface area contributed by atoms with Gasteiger partial charge in [0.2, 0.25) is 0 Å². The molecule has 0 saturated heterocycles. The maximum Gasteiger partial charge on any atom is 0.0570 e. The van der Waals surface area contributed by atoms with Gasteiger partial charge in [-0.25, -0.2) is 0 Å². The number of thiophene rings is 1. The summed E-state index contributed by atoms with van der Waals surface area (Å²) >= 11 is 1.78. The number of benzene rings is 6. The van der Waals surface area contributed by atoms with Gasteiger partial charge in [0.25, 0.3) is 0 Å². The van der Waals surface area contributed by atoms with Gasteiger partial charge in [-0.3, -0.25) is 9.97 Å². The molecule has 0 aliphatic rings. The number of anilines is 4. The molecule has 0 atom stereocenters. The Kier molecular flexibility index (Phi) is 9.50. The minimum Gasteiger partial charge on any atom is -0.354 e. The molecule has 0 saturated carbocycles. The molecule has 9 aromatic rings. The fraction of sp³-hybridized carbons (Fsp3) is 0. The van der Waals surface area contributed by atoms with Crippen molar-refractivity contribution in [2.75, 3.05) is 10.6 Å². The van der Waals surface area contributed by atoms with Crippen LogP contribution in [0.5, 0.6) is 0 Å². The highest BCUT2D eigenvalue weighted by Crippen LogP contribution is 2.43. The molecular formula is C50H36N4S. The Bertz CT molecular complexity index is 2470. The van der Waals surface area contributed by atoms with Gasteiger partial charge in [0.05, 0.1) is 23.8 Å². The third-order valence-corrected chi connectivity index (χ3v) is 10.9. The van der Waals surface area contributed by atoms with Crippen molar-refractivity contribution >= 4 is 34.1 Å². The molecule has 262 valence electrons. The third kappa shape index (κ3) is 7.56. The Labute approximate surface area is 325 Å². The maximum absolute atomic E-state index is 4.37. The summed E-state index contributed by atoms with van der Waals surface area (Å²) < 4.78 is 0. The van der Waals surface area contributed by atoms with Gasteiger partial charge in [-0.05, 0) is 93.0 Å². The number of hydrogen-bond donors (Lipinski definition) is 2. The second-order valence-electron chi connectivity index (χ2n) is 13.3. The number of hydrogen-bond acceptors (Lipinski definition) is 5. The van der Waals surface area contributed by atoms with Gasteiger partial charge in [-0.15, -0.1) is 11.3 Å². The molecule has 3 aromatic heterocycles. The molecule has 0 unspecified atom stereocenters.